The van der Waals surface area contributed by atoms with Crippen molar-refractivity contribution in [3.8, 4) is 22.9 Å². The van der Waals surface area contributed by atoms with Crippen LogP contribution in [0.1, 0.15) is 29.8 Å². The second-order valence-electron chi connectivity index (χ2n) is 5.29. The molecule has 0 aliphatic carbocycles. The molecule has 1 aromatic heterocycles. The fraction of sp³-hybridized carbons (Fsp3) is 0.375. The second-order valence-corrected chi connectivity index (χ2v) is 5.29. The second kappa shape index (κ2) is 6.10. The van der Waals surface area contributed by atoms with Gasteiger partial charge in [0.25, 0.3) is 0 Å². The van der Waals surface area contributed by atoms with Gasteiger partial charge in [0.1, 0.15) is 0 Å². The fourth-order valence-corrected chi connectivity index (χ4v) is 2.64. The van der Waals surface area contributed by atoms with Crippen LogP contribution in [-0.4, -0.2) is 33.8 Å². The lowest BCUT2D eigenvalue weighted by Gasteiger charge is -2.17. The van der Waals surface area contributed by atoms with Crippen molar-refractivity contribution in [2.24, 2.45) is 0 Å². The van der Waals surface area contributed by atoms with Crippen molar-refractivity contribution >= 4 is 0 Å². The summed E-state index contributed by atoms with van der Waals surface area (Å²) in [7, 11) is 1.93. The number of phenolic OH excluding ortho intramolecular Hbond substituents is 2. The van der Waals surface area contributed by atoms with Crippen LogP contribution in [-0.2, 0) is 0 Å². The summed E-state index contributed by atoms with van der Waals surface area (Å²) < 4.78 is 0. The van der Waals surface area contributed by atoms with Gasteiger partial charge in [0, 0.05) is 23.5 Å². The minimum atomic E-state index is -0.168. The summed E-state index contributed by atoms with van der Waals surface area (Å²) in [5.41, 5.74) is 3.71. The molecule has 2 rings (SSSR count). The molecule has 0 aliphatic rings. The van der Waals surface area contributed by atoms with Gasteiger partial charge in [-0.15, -0.1) is 0 Å². The highest BCUT2D eigenvalue weighted by Crippen LogP contribution is 2.30. The first-order chi connectivity index (χ1) is 9.93. The number of nitrogens with one attached hydrogen (secondary N) is 1. The first kappa shape index (κ1) is 15.3. The molecule has 5 nitrogen and oxygen atoms in total. The van der Waals surface area contributed by atoms with E-state index in [9.17, 15) is 10.2 Å². The van der Waals surface area contributed by atoms with Crippen LogP contribution in [0, 0.1) is 13.8 Å². The van der Waals surface area contributed by atoms with Crippen molar-refractivity contribution in [3.63, 3.8) is 0 Å². The van der Waals surface area contributed by atoms with Gasteiger partial charge in [0.05, 0.1) is 0 Å². The first-order valence-corrected chi connectivity index (χ1v) is 6.96. The molecule has 3 N–H and O–H groups in total. The van der Waals surface area contributed by atoms with Gasteiger partial charge in [-0.2, -0.15) is 0 Å². The van der Waals surface area contributed by atoms with Crippen LogP contribution in [0.3, 0.4) is 0 Å². The van der Waals surface area contributed by atoms with Crippen LogP contribution in [0.4, 0.5) is 0 Å². The molecule has 2 aromatic rings. The zero-order chi connectivity index (χ0) is 15.6. The van der Waals surface area contributed by atoms with Crippen molar-refractivity contribution in [2.75, 3.05) is 13.6 Å². The van der Waals surface area contributed by atoms with Crippen LogP contribution in [0.25, 0.3) is 11.4 Å². The van der Waals surface area contributed by atoms with Gasteiger partial charge in [-0.25, -0.2) is 9.97 Å². The van der Waals surface area contributed by atoms with Gasteiger partial charge in [-0.3, -0.25) is 0 Å². The molecule has 0 radical (unpaired) electrons. The van der Waals surface area contributed by atoms with E-state index in [1.165, 1.54) is 12.1 Å². The molecular weight excluding hydrogens is 266 g/mol. The minimum Gasteiger partial charge on any atom is -0.504 e. The lowest BCUT2D eigenvalue weighted by atomic mass is 9.98. The number of nitrogens with zero attached hydrogens (tertiary/aromatic N) is 2. The third kappa shape index (κ3) is 3.13. The zero-order valence-corrected chi connectivity index (χ0v) is 12.8. The molecule has 112 valence electrons. The SMILES string of the molecule is CNCC(C)c1c(C)nc(-c2ccc(O)c(O)c2)nc1C. The molecule has 0 saturated carbocycles. The van der Waals surface area contributed by atoms with Crippen LogP contribution in [0.5, 0.6) is 11.5 Å². The number of aromatic hydroxyl groups is 2. The Hall–Kier alpha value is -2.14. The molecular formula is C16H21N3O2. The molecule has 1 aromatic carbocycles. The predicted molar refractivity (Wildman–Crippen MR) is 82.6 cm³/mol. The lowest BCUT2D eigenvalue weighted by molar-refractivity contribution is 0.404. The summed E-state index contributed by atoms with van der Waals surface area (Å²) in [6.07, 6.45) is 0. The number of hydrogen-bond donors (Lipinski definition) is 3. The summed E-state index contributed by atoms with van der Waals surface area (Å²) in [5, 5.41) is 22.1. The van der Waals surface area contributed by atoms with E-state index in [1.54, 1.807) is 6.07 Å². The van der Waals surface area contributed by atoms with Gasteiger partial charge >= 0.3 is 0 Å². The highest BCUT2D eigenvalue weighted by atomic mass is 16.3. The van der Waals surface area contributed by atoms with E-state index >= 15 is 0 Å². The molecule has 0 amide bonds. The molecule has 0 bridgehead atoms. The van der Waals surface area contributed by atoms with Crippen molar-refractivity contribution in [1.82, 2.24) is 15.3 Å². The zero-order valence-electron chi connectivity index (χ0n) is 12.8. The third-order valence-corrected chi connectivity index (χ3v) is 3.56. The van der Waals surface area contributed by atoms with Gasteiger partial charge in [-0.1, -0.05) is 6.92 Å². The van der Waals surface area contributed by atoms with Crippen molar-refractivity contribution in [3.05, 3.63) is 35.2 Å². The van der Waals surface area contributed by atoms with Crippen molar-refractivity contribution in [2.45, 2.75) is 26.7 Å². The summed E-state index contributed by atoms with van der Waals surface area (Å²) in [6.45, 7) is 6.95. The van der Waals surface area contributed by atoms with Gasteiger partial charge < -0.3 is 15.5 Å². The Kier molecular flexibility index (Phi) is 4.43. The number of aromatic nitrogens is 2. The average Bonchev–Trinajstić information content (AvgIpc) is 2.41. The van der Waals surface area contributed by atoms with E-state index in [0.29, 0.717) is 17.3 Å². The number of hydrogen-bond acceptors (Lipinski definition) is 5. The number of aryl methyl sites for hydroxylation is 2. The summed E-state index contributed by atoms with van der Waals surface area (Å²) in [4.78, 5) is 9.09. The normalized spacial score (nSPS) is 12.4. The molecule has 21 heavy (non-hydrogen) atoms. The van der Waals surface area contributed by atoms with E-state index in [-0.39, 0.29) is 11.5 Å². The monoisotopic (exact) mass is 287 g/mol. The lowest BCUT2D eigenvalue weighted by Crippen LogP contribution is -2.17. The van der Waals surface area contributed by atoms with E-state index in [2.05, 4.69) is 22.2 Å². The third-order valence-electron chi connectivity index (χ3n) is 3.56. The molecule has 0 saturated heterocycles. The molecule has 1 heterocycles. The number of rotatable bonds is 4. The van der Waals surface area contributed by atoms with E-state index in [1.807, 2.05) is 20.9 Å². The molecule has 5 heteroatoms. The Balaban J connectivity index is 2.46. The summed E-state index contributed by atoms with van der Waals surface area (Å²) >= 11 is 0. The van der Waals surface area contributed by atoms with Crippen molar-refractivity contribution < 1.29 is 10.2 Å². The number of phenols is 2. The van der Waals surface area contributed by atoms with Gasteiger partial charge in [0.15, 0.2) is 17.3 Å². The maximum absolute atomic E-state index is 9.60. The molecule has 0 aliphatic heterocycles. The standard InChI is InChI=1S/C16H21N3O2/c1-9(8-17-4)15-10(2)18-16(19-11(15)3)12-5-6-13(20)14(21)7-12/h5-7,9,17,20-21H,8H2,1-4H3. The predicted octanol–water partition coefficient (Wildman–Crippen LogP) is 2.49. The summed E-state index contributed by atoms with van der Waals surface area (Å²) in [6, 6.07) is 4.61. The van der Waals surface area contributed by atoms with Crippen LogP contribution in [0.15, 0.2) is 18.2 Å². The Morgan fingerprint density at radius 3 is 2.24 bits per heavy atom. The number of benzene rings is 1. The largest absolute Gasteiger partial charge is 0.504 e. The molecule has 0 spiro atoms. The first-order valence-electron chi connectivity index (χ1n) is 6.96. The maximum Gasteiger partial charge on any atom is 0.159 e. The molecule has 1 unspecified atom stereocenters. The molecule has 0 fully saturated rings. The van der Waals surface area contributed by atoms with Crippen LogP contribution in [0.2, 0.25) is 0 Å². The highest BCUT2D eigenvalue weighted by molar-refractivity contribution is 5.61. The van der Waals surface area contributed by atoms with Gasteiger partial charge in [0.2, 0.25) is 0 Å². The van der Waals surface area contributed by atoms with Crippen LogP contribution >= 0.6 is 0 Å². The van der Waals surface area contributed by atoms with Crippen molar-refractivity contribution in [1.29, 1.82) is 0 Å². The van der Waals surface area contributed by atoms with E-state index < -0.39 is 0 Å². The smallest absolute Gasteiger partial charge is 0.159 e. The quantitative estimate of drug-likeness (QED) is 0.753. The summed E-state index contributed by atoms with van der Waals surface area (Å²) in [5.74, 6) is 0.573. The fourth-order valence-electron chi connectivity index (χ4n) is 2.64. The van der Waals surface area contributed by atoms with Gasteiger partial charge in [-0.05, 0) is 50.6 Å². The molecule has 1 atom stereocenters. The Bertz CT molecular complexity index is 633. The average molecular weight is 287 g/mol. The van der Waals surface area contributed by atoms with Crippen LogP contribution < -0.4 is 5.32 Å². The Labute approximate surface area is 124 Å². The minimum absolute atomic E-state index is 0.147. The highest BCUT2D eigenvalue weighted by Gasteiger charge is 2.15. The van der Waals surface area contributed by atoms with E-state index in [4.69, 9.17) is 0 Å². The topological polar surface area (TPSA) is 78.3 Å². The maximum atomic E-state index is 9.60. The number of likely N-dealkylation sites (N-methyl/N-ethyl adjacent to an activating group) is 1. The Morgan fingerprint density at radius 1 is 1.10 bits per heavy atom. The Morgan fingerprint density at radius 2 is 1.71 bits per heavy atom. The van der Waals surface area contributed by atoms with E-state index in [0.717, 1.165) is 23.5 Å².